The van der Waals surface area contributed by atoms with Gasteiger partial charge in [-0.2, -0.15) is 0 Å². The topological polar surface area (TPSA) is 54.9 Å². The number of morpholine rings is 1. The Morgan fingerprint density at radius 3 is 2.81 bits per heavy atom. The van der Waals surface area contributed by atoms with Crippen LogP contribution in [0.25, 0.3) is 10.2 Å². The van der Waals surface area contributed by atoms with E-state index in [1.54, 1.807) is 35.2 Å². The molecule has 1 fully saturated rings. The molecular formula is C21H22Cl2FN3O3S. The lowest BCUT2D eigenvalue weighted by molar-refractivity contribution is 0.0391. The molecule has 0 aliphatic carbocycles. The van der Waals surface area contributed by atoms with Gasteiger partial charge in [-0.3, -0.25) is 14.6 Å². The molecule has 0 atom stereocenters. The Balaban J connectivity index is 0.00000272. The van der Waals surface area contributed by atoms with Crippen LogP contribution in [0.1, 0.15) is 10.4 Å². The van der Waals surface area contributed by atoms with Crippen LogP contribution in [0, 0.1) is 5.82 Å². The Bertz CT molecular complexity index is 1060. The van der Waals surface area contributed by atoms with E-state index in [1.807, 2.05) is 0 Å². The first kappa shape index (κ1) is 23.7. The highest BCUT2D eigenvalue weighted by molar-refractivity contribution is 7.22. The molecule has 0 radical (unpaired) electrons. The number of carbonyl (C=O) groups excluding carboxylic acids is 1. The van der Waals surface area contributed by atoms with E-state index >= 15 is 0 Å². The lowest BCUT2D eigenvalue weighted by Crippen LogP contribution is -2.43. The van der Waals surface area contributed by atoms with Gasteiger partial charge in [0.05, 0.1) is 30.6 Å². The first-order valence-corrected chi connectivity index (χ1v) is 10.8. The standard InChI is InChI=1S/C21H21ClFN3O3S.ClH/c1-28-17-6-5-14(22)13-15(17)20(27)26(8-7-25-9-11-29-12-10-25)21-24-19-16(23)3-2-4-18(19)30-21;/h2-6,13H,7-12H2,1H3;1H. The number of carbonyl (C=O) groups is 1. The van der Waals surface area contributed by atoms with Crippen LogP contribution < -0.4 is 9.64 Å². The van der Waals surface area contributed by atoms with Crippen molar-refractivity contribution >= 4 is 56.6 Å². The molecule has 2 aromatic carbocycles. The number of ether oxygens (including phenoxy) is 2. The number of benzene rings is 2. The van der Waals surface area contributed by atoms with Gasteiger partial charge in [0.1, 0.15) is 17.1 Å². The van der Waals surface area contributed by atoms with Crippen molar-refractivity contribution in [3.05, 3.63) is 52.8 Å². The SMILES string of the molecule is COc1ccc(Cl)cc1C(=O)N(CCN1CCOCC1)c1nc2c(F)cccc2s1.Cl. The van der Waals surface area contributed by atoms with Crippen molar-refractivity contribution in [1.29, 1.82) is 0 Å². The molecule has 0 N–H and O–H groups in total. The van der Waals surface area contributed by atoms with Crippen LogP contribution in [-0.2, 0) is 4.74 Å². The molecular weight excluding hydrogens is 464 g/mol. The third kappa shape index (κ3) is 5.27. The fourth-order valence-corrected chi connectivity index (χ4v) is 4.54. The molecule has 1 saturated heterocycles. The number of para-hydroxylation sites is 1. The summed E-state index contributed by atoms with van der Waals surface area (Å²) in [5.41, 5.74) is 0.603. The second-order valence-electron chi connectivity index (χ2n) is 6.84. The van der Waals surface area contributed by atoms with E-state index in [0.29, 0.717) is 52.5 Å². The molecule has 6 nitrogen and oxygen atoms in total. The minimum Gasteiger partial charge on any atom is -0.496 e. The largest absolute Gasteiger partial charge is 0.496 e. The smallest absolute Gasteiger partial charge is 0.263 e. The first-order chi connectivity index (χ1) is 14.6. The highest BCUT2D eigenvalue weighted by Crippen LogP contribution is 2.32. The van der Waals surface area contributed by atoms with Crippen molar-refractivity contribution in [2.24, 2.45) is 0 Å². The molecule has 2 heterocycles. The summed E-state index contributed by atoms with van der Waals surface area (Å²) in [4.78, 5) is 21.8. The number of hydrogen-bond acceptors (Lipinski definition) is 6. The van der Waals surface area contributed by atoms with E-state index in [2.05, 4.69) is 9.88 Å². The number of amides is 1. The number of anilines is 1. The molecule has 1 aliphatic heterocycles. The van der Waals surface area contributed by atoms with E-state index in [1.165, 1.54) is 24.5 Å². The minimum atomic E-state index is -0.407. The molecule has 10 heteroatoms. The summed E-state index contributed by atoms with van der Waals surface area (Å²) in [6, 6.07) is 9.71. The monoisotopic (exact) mass is 485 g/mol. The van der Waals surface area contributed by atoms with Gasteiger partial charge in [0.25, 0.3) is 5.91 Å². The molecule has 166 valence electrons. The van der Waals surface area contributed by atoms with E-state index in [9.17, 15) is 9.18 Å². The summed E-state index contributed by atoms with van der Waals surface area (Å²) >= 11 is 7.43. The highest BCUT2D eigenvalue weighted by Gasteiger charge is 2.26. The summed E-state index contributed by atoms with van der Waals surface area (Å²) in [5.74, 6) is -0.272. The van der Waals surface area contributed by atoms with Gasteiger partial charge in [-0.05, 0) is 30.3 Å². The summed E-state index contributed by atoms with van der Waals surface area (Å²) in [7, 11) is 1.51. The van der Waals surface area contributed by atoms with Gasteiger partial charge in [0.2, 0.25) is 0 Å². The van der Waals surface area contributed by atoms with Crippen molar-refractivity contribution < 1.29 is 18.7 Å². The normalized spacial score (nSPS) is 14.3. The van der Waals surface area contributed by atoms with Gasteiger partial charge in [0.15, 0.2) is 5.13 Å². The molecule has 31 heavy (non-hydrogen) atoms. The summed E-state index contributed by atoms with van der Waals surface area (Å²) in [6.07, 6.45) is 0. The Hall–Kier alpha value is -1.97. The number of nitrogens with zero attached hydrogens (tertiary/aromatic N) is 3. The summed E-state index contributed by atoms with van der Waals surface area (Å²) in [5, 5.41) is 0.873. The zero-order valence-electron chi connectivity index (χ0n) is 16.8. The lowest BCUT2D eigenvalue weighted by Gasteiger charge is -2.29. The fourth-order valence-electron chi connectivity index (χ4n) is 3.36. The van der Waals surface area contributed by atoms with Crippen LogP contribution in [-0.4, -0.2) is 62.3 Å². The number of fused-ring (bicyclic) bond motifs is 1. The van der Waals surface area contributed by atoms with Gasteiger partial charge in [0, 0.05) is 31.2 Å². The molecule has 0 saturated carbocycles. The van der Waals surface area contributed by atoms with Crippen molar-refractivity contribution in [2.75, 3.05) is 51.4 Å². The average molecular weight is 486 g/mol. The number of aromatic nitrogens is 1. The number of rotatable bonds is 6. The molecule has 1 amide bonds. The van der Waals surface area contributed by atoms with Crippen molar-refractivity contribution in [3.8, 4) is 5.75 Å². The third-order valence-corrected chi connectivity index (χ3v) is 6.25. The van der Waals surface area contributed by atoms with Crippen LogP contribution in [0.3, 0.4) is 0 Å². The van der Waals surface area contributed by atoms with Crippen molar-refractivity contribution in [1.82, 2.24) is 9.88 Å². The zero-order chi connectivity index (χ0) is 21.1. The third-order valence-electron chi connectivity index (χ3n) is 4.97. The van der Waals surface area contributed by atoms with Crippen LogP contribution in [0.2, 0.25) is 5.02 Å². The van der Waals surface area contributed by atoms with Crippen molar-refractivity contribution in [2.45, 2.75) is 0 Å². The maximum atomic E-state index is 14.2. The van der Waals surface area contributed by atoms with Crippen LogP contribution in [0.5, 0.6) is 5.75 Å². The summed E-state index contributed by atoms with van der Waals surface area (Å²) in [6.45, 7) is 3.99. The van der Waals surface area contributed by atoms with Gasteiger partial charge in [-0.15, -0.1) is 12.4 Å². The Morgan fingerprint density at radius 1 is 1.32 bits per heavy atom. The van der Waals surface area contributed by atoms with Gasteiger partial charge in [-0.25, -0.2) is 9.37 Å². The van der Waals surface area contributed by atoms with Crippen LogP contribution >= 0.6 is 35.3 Å². The van der Waals surface area contributed by atoms with Crippen molar-refractivity contribution in [3.63, 3.8) is 0 Å². The molecule has 0 unspecified atom stereocenters. The first-order valence-electron chi connectivity index (χ1n) is 9.57. The van der Waals surface area contributed by atoms with E-state index in [0.717, 1.165) is 13.1 Å². The number of methoxy groups -OCH3 is 1. The van der Waals surface area contributed by atoms with E-state index < -0.39 is 5.82 Å². The lowest BCUT2D eigenvalue weighted by atomic mass is 10.1. The molecule has 0 spiro atoms. The van der Waals surface area contributed by atoms with Gasteiger partial charge in [-0.1, -0.05) is 29.0 Å². The predicted molar refractivity (Wildman–Crippen MR) is 124 cm³/mol. The Kier molecular flexibility index (Phi) is 8.07. The molecule has 0 bridgehead atoms. The second-order valence-corrected chi connectivity index (χ2v) is 8.28. The number of hydrogen-bond donors (Lipinski definition) is 0. The Labute approximate surface area is 194 Å². The zero-order valence-corrected chi connectivity index (χ0v) is 19.2. The maximum absolute atomic E-state index is 14.2. The van der Waals surface area contributed by atoms with Crippen LogP contribution in [0.15, 0.2) is 36.4 Å². The van der Waals surface area contributed by atoms with Gasteiger partial charge < -0.3 is 9.47 Å². The van der Waals surface area contributed by atoms with E-state index in [-0.39, 0.29) is 23.8 Å². The summed E-state index contributed by atoms with van der Waals surface area (Å²) < 4.78 is 25.7. The average Bonchev–Trinajstić information content (AvgIpc) is 3.20. The highest BCUT2D eigenvalue weighted by atomic mass is 35.5. The second kappa shape index (κ2) is 10.6. The molecule has 3 aromatic rings. The van der Waals surface area contributed by atoms with Gasteiger partial charge >= 0.3 is 0 Å². The van der Waals surface area contributed by atoms with E-state index in [4.69, 9.17) is 21.1 Å². The fraction of sp³-hybridized carbons (Fsp3) is 0.333. The maximum Gasteiger partial charge on any atom is 0.263 e. The molecule has 1 aromatic heterocycles. The Morgan fingerprint density at radius 2 is 2.10 bits per heavy atom. The van der Waals surface area contributed by atoms with Crippen LogP contribution in [0.4, 0.5) is 9.52 Å². The number of thiazole rings is 1. The number of halogens is 3. The quantitative estimate of drug-likeness (QED) is 0.514. The molecule has 4 rings (SSSR count). The molecule has 1 aliphatic rings. The minimum absolute atomic E-state index is 0. The predicted octanol–water partition coefficient (Wildman–Crippen LogP) is 4.50.